The number of aryl methyl sites for hydroxylation is 1. The van der Waals surface area contributed by atoms with Crippen LogP contribution in [0.5, 0.6) is 0 Å². The van der Waals surface area contributed by atoms with Crippen LogP contribution in [0.2, 0.25) is 0 Å². The van der Waals surface area contributed by atoms with Gasteiger partial charge in [-0.3, -0.25) is 4.79 Å². The lowest BCUT2D eigenvalue weighted by atomic mass is 10.0. The largest absolute Gasteiger partial charge is 0.356 e. The van der Waals surface area contributed by atoms with Crippen LogP contribution in [0.1, 0.15) is 26.4 Å². The predicted molar refractivity (Wildman–Crippen MR) is 140 cm³/mol. The first-order chi connectivity index (χ1) is 16.2. The minimum absolute atomic E-state index is 0.0675. The van der Waals surface area contributed by atoms with E-state index in [2.05, 4.69) is 54.0 Å². The number of carbonyl (C=O) groups excluding carboxylic acids is 1. The molecule has 0 bridgehead atoms. The molecule has 33 heavy (non-hydrogen) atoms. The molecule has 0 aliphatic rings. The van der Waals surface area contributed by atoms with E-state index in [4.69, 9.17) is 0 Å². The van der Waals surface area contributed by atoms with Gasteiger partial charge in [-0.2, -0.15) is 0 Å². The van der Waals surface area contributed by atoms with Crippen LogP contribution in [-0.2, 0) is 6.42 Å². The van der Waals surface area contributed by atoms with Crippen molar-refractivity contribution in [3.8, 4) is 0 Å². The number of nitrogens with one attached hydrogen (secondary N) is 2. The molecule has 1 heterocycles. The highest BCUT2D eigenvalue weighted by molar-refractivity contribution is 7.21. The van der Waals surface area contributed by atoms with Crippen LogP contribution in [0, 0.1) is 6.92 Å². The van der Waals surface area contributed by atoms with Crippen LogP contribution >= 0.6 is 11.3 Å². The van der Waals surface area contributed by atoms with Crippen molar-refractivity contribution in [2.24, 2.45) is 0 Å². The van der Waals surface area contributed by atoms with Crippen LogP contribution in [0.15, 0.2) is 103 Å². The molecule has 0 aliphatic heterocycles. The zero-order valence-corrected chi connectivity index (χ0v) is 19.2. The molecule has 1 aromatic heterocycles. The summed E-state index contributed by atoms with van der Waals surface area (Å²) < 4.78 is 1.13. The molecule has 0 radical (unpaired) electrons. The van der Waals surface area contributed by atoms with Crippen LogP contribution in [-0.4, -0.2) is 5.91 Å². The molecule has 0 aliphatic carbocycles. The molecular formula is C29H24N2OS. The summed E-state index contributed by atoms with van der Waals surface area (Å²) in [7, 11) is 0. The molecule has 0 atom stereocenters. The minimum atomic E-state index is -0.0675. The summed E-state index contributed by atoms with van der Waals surface area (Å²) in [4.78, 5) is 14.1. The van der Waals surface area contributed by atoms with Gasteiger partial charge in [-0.05, 0) is 72.3 Å². The fraction of sp³-hybridized carbons (Fsp3) is 0.0690. The summed E-state index contributed by atoms with van der Waals surface area (Å²) in [6.45, 7) is 2.09. The quantitative estimate of drug-likeness (QED) is 0.278. The summed E-state index contributed by atoms with van der Waals surface area (Å²) in [6, 6.07) is 34.6. The molecule has 4 heteroatoms. The third kappa shape index (κ3) is 4.81. The SMILES string of the molecule is Cc1ccc(Cc2c(C(=O)Nc3ccc(Nc4ccccc4)cc3)sc3ccccc23)cc1. The van der Waals surface area contributed by atoms with Gasteiger partial charge in [-0.25, -0.2) is 0 Å². The Balaban J connectivity index is 1.38. The van der Waals surface area contributed by atoms with Crippen LogP contribution < -0.4 is 10.6 Å². The number of thiophene rings is 1. The number of hydrogen-bond donors (Lipinski definition) is 2. The summed E-state index contributed by atoms with van der Waals surface area (Å²) in [5.41, 5.74) is 6.30. The van der Waals surface area contributed by atoms with Crippen molar-refractivity contribution in [1.29, 1.82) is 0 Å². The Morgan fingerprint density at radius 3 is 2.12 bits per heavy atom. The third-order valence-corrected chi connectivity index (χ3v) is 6.82. The lowest BCUT2D eigenvalue weighted by Gasteiger charge is -2.09. The van der Waals surface area contributed by atoms with Crippen LogP contribution in [0.4, 0.5) is 17.1 Å². The Labute approximate surface area is 197 Å². The van der Waals surface area contributed by atoms with Crippen molar-refractivity contribution in [3.63, 3.8) is 0 Å². The Kier molecular flexibility index (Phi) is 5.92. The fourth-order valence-corrected chi connectivity index (χ4v) is 5.00. The van der Waals surface area contributed by atoms with Gasteiger partial charge in [0.25, 0.3) is 5.91 Å². The number of rotatable bonds is 6. The van der Waals surface area contributed by atoms with E-state index in [1.54, 1.807) is 11.3 Å². The maximum atomic E-state index is 13.3. The van der Waals surface area contributed by atoms with Gasteiger partial charge in [0, 0.05) is 21.8 Å². The van der Waals surface area contributed by atoms with Gasteiger partial charge in [0.15, 0.2) is 0 Å². The van der Waals surface area contributed by atoms with Gasteiger partial charge in [0.1, 0.15) is 0 Å². The van der Waals surface area contributed by atoms with Gasteiger partial charge >= 0.3 is 0 Å². The van der Waals surface area contributed by atoms with Gasteiger partial charge in [0.2, 0.25) is 0 Å². The van der Waals surface area contributed by atoms with E-state index >= 15 is 0 Å². The maximum absolute atomic E-state index is 13.3. The lowest BCUT2D eigenvalue weighted by molar-refractivity contribution is 0.103. The van der Waals surface area contributed by atoms with E-state index in [-0.39, 0.29) is 5.91 Å². The number of benzene rings is 4. The van der Waals surface area contributed by atoms with E-state index in [1.165, 1.54) is 11.1 Å². The lowest BCUT2D eigenvalue weighted by Crippen LogP contribution is -2.12. The van der Waals surface area contributed by atoms with E-state index in [0.717, 1.165) is 44.0 Å². The molecule has 5 aromatic rings. The highest BCUT2D eigenvalue weighted by Crippen LogP contribution is 2.33. The van der Waals surface area contributed by atoms with Crippen molar-refractivity contribution in [2.45, 2.75) is 13.3 Å². The van der Waals surface area contributed by atoms with E-state index in [0.29, 0.717) is 0 Å². The Hall–Kier alpha value is -3.89. The zero-order chi connectivity index (χ0) is 22.6. The first-order valence-electron chi connectivity index (χ1n) is 11.0. The normalized spacial score (nSPS) is 10.8. The Bertz CT molecular complexity index is 1390. The topological polar surface area (TPSA) is 41.1 Å². The molecule has 2 N–H and O–H groups in total. The average molecular weight is 449 g/mol. The second-order valence-electron chi connectivity index (χ2n) is 8.09. The van der Waals surface area contributed by atoms with Crippen molar-refractivity contribution < 1.29 is 4.79 Å². The van der Waals surface area contributed by atoms with Gasteiger partial charge in [0.05, 0.1) is 4.88 Å². The minimum Gasteiger partial charge on any atom is -0.356 e. The second-order valence-corrected chi connectivity index (χ2v) is 9.14. The molecule has 162 valence electrons. The van der Waals surface area contributed by atoms with E-state index in [1.807, 2.05) is 66.7 Å². The molecule has 3 nitrogen and oxygen atoms in total. The highest BCUT2D eigenvalue weighted by Gasteiger charge is 2.19. The number of carbonyl (C=O) groups is 1. The molecule has 0 saturated heterocycles. The van der Waals surface area contributed by atoms with Gasteiger partial charge in [-0.15, -0.1) is 11.3 Å². The second kappa shape index (κ2) is 9.31. The summed E-state index contributed by atoms with van der Waals surface area (Å²) in [5.74, 6) is -0.0675. The smallest absolute Gasteiger partial charge is 0.266 e. The Morgan fingerprint density at radius 1 is 0.727 bits per heavy atom. The van der Waals surface area contributed by atoms with E-state index in [9.17, 15) is 4.79 Å². The fourth-order valence-electron chi connectivity index (χ4n) is 3.88. The third-order valence-electron chi connectivity index (χ3n) is 5.61. The number of para-hydroxylation sites is 1. The van der Waals surface area contributed by atoms with Crippen molar-refractivity contribution in [3.05, 3.63) is 125 Å². The Morgan fingerprint density at radius 2 is 1.36 bits per heavy atom. The van der Waals surface area contributed by atoms with Crippen molar-refractivity contribution in [1.82, 2.24) is 0 Å². The van der Waals surface area contributed by atoms with Crippen molar-refractivity contribution >= 4 is 44.4 Å². The molecular weight excluding hydrogens is 424 g/mol. The number of amides is 1. The standard InChI is InChI=1S/C29H24N2OS/c1-20-11-13-21(14-12-20)19-26-25-9-5-6-10-27(25)33-28(26)29(32)31-24-17-15-23(16-18-24)30-22-7-3-2-4-8-22/h2-18,30H,19H2,1H3,(H,31,32). The van der Waals surface area contributed by atoms with E-state index < -0.39 is 0 Å². The molecule has 0 unspecified atom stereocenters. The first-order valence-corrected chi connectivity index (χ1v) is 11.8. The molecule has 1 amide bonds. The average Bonchev–Trinajstić information content (AvgIpc) is 3.21. The van der Waals surface area contributed by atoms with Gasteiger partial charge < -0.3 is 10.6 Å². The monoisotopic (exact) mass is 448 g/mol. The van der Waals surface area contributed by atoms with Crippen LogP contribution in [0.25, 0.3) is 10.1 Å². The molecule has 0 spiro atoms. The predicted octanol–water partition coefficient (Wildman–Crippen LogP) is 7.80. The number of fused-ring (bicyclic) bond motifs is 1. The van der Waals surface area contributed by atoms with Crippen LogP contribution in [0.3, 0.4) is 0 Å². The summed E-state index contributed by atoms with van der Waals surface area (Å²) in [5, 5.41) is 7.60. The molecule has 5 rings (SSSR count). The maximum Gasteiger partial charge on any atom is 0.266 e. The number of hydrogen-bond acceptors (Lipinski definition) is 3. The highest BCUT2D eigenvalue weighted by atomic mass is 32.1. The number of anilines is 3. The zero-order valence-electron chi connectivity index (χ0n) is 18.3. The summed E-state index contributed by atoms with van der Waals surface area (Å²) in [6.07, 6.45) is 0.729. The molecule has 4 aromatic carbocycles. The molecule has 0 fully saturated rings. The first kappa shape index (κ1) is 21.0. The molecule has 0 saturated carbocycles. The summed E-state index contributed by atoms with van der Waals surface area (Å²) >= 11 is 1.55. The van der Waals surface area contributed by atoms with Gasteiger partial charge in [-0.1, -0.05) is 66.2 Å². The van der Waals surface area contributed by atoms with Crippen molar-refractivity contribution in [2.75, 3.05) is 10.6 Å².